The maximum Gasteiger partial charge on any atom is 0.409 e. The summed E-state index contributed by atoms with van der Waals surface area (Å²) < 4.78 is 0. The van der Waals surface area contributed by atoms with E-state index >= 15 is 0 Å². The van der Waals surface area contributed by atoms with Crippen molar-refractivity contribution >= 4 is 23.4 Å². The molecule has 0 aromatic heterocycles. The average molecular weight is 312 g/mol. The second kappa shape index (κ2) is 7.45. The molecule has 0 aliphatic heterocycles. The van der Waals surface area contributed by atoms with Gasteiger partial charge in [-0.05, 0) is 23.3 Å². The molecule has 0 aliphatic rings. The second-order valence-electron chi connectivity index (χ2n) is 5.57. The topological polar surface area (TPSA) is 78.4 Å². The number of carbonyl (C=O) groups is 2. The Labute approximate surface area is 135 Å². The van der Waals surface area contributed by atoms with Crippen LogP contribution in [0.25, 0.3) is 0 Å². The summed E-state index contributed by atoms with van der Waals surface area (Å²) >= 11 is 0. The van der Waals surface area contributed by atoms with Gasteiger partial charge in [0.15, 0.2) is 0 Å². The van der Waals surface area contributed by atoms with E-state index in [4.69, 9.17) is 5.11 Å². The normalized spacial score (nSPS) is 10.4. The highest BCUT2D eigenvalue weighted by Crippen LogP contribution is 2.24. The Kier molecular flexibility index (Phi) is 5.36. The first-order chi connectivity index (χ1) is 11.0. The van der Waals surface area contributed by atoms with Gasteiger partial charge in [-0.15, -0.1) is 0 Å². The average Bonchev–Trinajstić information content (AvgIpc) is 2.50. The van der Waals surface area contributed by atoms with Crippen LogP contribution in [0, 0.1) is 5.92 Å². The number of carbonyl (C=O) groups excluding carboxylic acids is 1. The molecule has 2 amide bonds. The number of nitrogens with one attached hydrogen (secondary N) is 2. The van der Waals surface area contributed by atoms with E-state index in [1.165, 1.54) is 0 Å². The van der Waals surface area contributed by atoms with E-state index in [0.717, 1.165) is 16.8 Å². The van der Waals surface area contributed by atoms with Gasteiger partial charge in [-0.2, -0.15) is 0 Å². The predicted molar refractivity (Wildman–Crippen MR) is 90.8 cm³/mol. The van der Waals surface area contributed by atoms with Gasteiger partial charge in [0, 0.05) is 23.7 Å². The summed E-state index contributed by atoms with van der Waals surface area (Å²) in [6.45, 7) is 3.67. The van der Waals surface area contributed by atoms with Gasteiger partial charge in [-0.3, -0.25) is 10.1 Å². The van der Waals surface area contributed by atoms with Gasteiger partial charge in [0.05, 0.1) is 0 Å². The maximum absolute atomic E-state index is 11.9. The molecule has 0 spiro atoms. The Morgan fingerprint density at radius 2 is 1.39 bits per heavy atom. The minimum atomic E-state index is -1.10. The molecule has 0 unspecified atom stereocenters. The fourth-order valence-corrected chi connectivity index (χ4v) is 2.19. The number of anilines is 2. The molecule has 2 aromatic rings. The Hall–Kier alpha value is -2.82. The van der Waals surface area contributed by atoms with Crippen molar-refractivity contribution in [3.63, 3.8) is 0 Å². The zero-order valence-corrected chi connectivity index (χ0v) is 13.2. The van der Waals surface area contributed by atoms with E-state index < -0.39 is 6.09 Å². The Balaban J connectivity index is 2.27. The number of amides is 2. The summed E-state index contributed by atoms with van der Waals surface area (Å²) in [6.07, 6.45) is -0.579. The third kappa shape index (κ3) is 4.57. The molecule has 120 valence electrons. The molecule has 0 heterocycles. The minimum Gasteiger partial charge on any atom is -0.465 e. The smallest absolute Gasteiger partial charge is 0.409 e. The Morgan fingerprint density at radius 3 is 1.87 bits per heavy atom. The quantitative estimate of drug-likeness (QED) is 0.782. The molecule has 0 aliphatic carbocycles. The first-order valence-electron chi connectivity index (χ1n) is 7.44. The molecule has 3 N–H and O–H groups in total. The Bertz CT molecular complexity index is 711. The molecule has 2 aromatic carbocycles. The largest absolute Gasteiger partial charge is 0.465 e. The molecule has 5 heteroatoms. The van der Waals surface area contributed by atoms with Gasteiger partial charge in [-0.1, -0.05) is 50.2 Å². The van der Waals surface area contributed by atoms with Crippen LogP contribution >= 0.6 is 0 Å². The number of para-hydroxylation sites is 2. The minimum absolute atomic E-state index is 0.0469. The van der Waals surface area contributed by atoms with Gasteiger partial charge in [0.25, 0.3) is 0 Å². The summed E-state index contributed by atoms with van der Waals surface area (Å²) in [4.78, 5) is 22.8. The van der Waals surface area contributed by atoms with E-state index in [2.05, 4.69) is 10.6 Å². The third-order valence-electron chi connectivity index (χ3n) is 3.44. The Morgan fingerprint density at radius 1 is 0.913 bits per heavy atom. The lowest BCUT2D eigenvalue weighted by Gasteiger charge is -2.14. The lowest BCUT2D eigenvalue weighted by molar-refractivity contribution is -0.118. The van der Waals surface area contributed by atoms with Crippen LogP contribution in [0.1, 0.15) is 25.0 Å². The van der Waals surface area contributed by atoms with Crippen LogP contribution < -0.4 is 10.6 Å². The lowest BCUT2D eigenvalue weighted by atomic mass is 10.0. The predicted octanol–water partition coefficient (Wildman–Crippen LogP) is 3.96. The standard InChI is InChI=1S/C18H20N2O3/c1-12(2)17(21)19-15-9-5-3-7-13(15)11-14-8-4-6-10-16(14)20-18(22)23/h3-10,12,20H,11H2,1-2H3,(H,19,21)(H,22,23). The van der Waals surface area contributed by atoms with Gasteiger partial charge < -0.3 is 10.4 Å². The molecule has 0 atom stereocenters. The van der Waals surface area contributed by atoms with Crippen LogP contribution in [0.5, 0.6) is 0 Å². The summed E-state index contributed by atoms with van der Waals surface area (Å²) in [5, 5.41) is 14.2. The van der Waals surface area contributed by atoms with Crippen LogP contribution in [-0.2, 0) is 11.2 Å². The van der Waals surface area contributed by atoms with Crippen molar-refractivity contribution in [1.82, 2.24) is 0 Å². The summed E-state index contributed by atoms with van der Waals surface area (Å²) in [7, 11) is 0. The first-order valence-corrected chi connectivity index (χ1v) is 7.44. The van der Waals surface area contributed by atoms with E-state index in [1.807, 2.05) is 50.2 Å². The lowest BCUT2D eigenvalue weighted by Crippen LogP contribution is -2.18. The van der Waals surface area contributed by atoms with Crippen LogP contribution in [0.2, 0.25) is 0 Å². The molecule has 0 radical (unpaired) electrons. The highest BCUT2D eigenvalue weighted by atomic mass is 16.4. The molecule has 0 bridgehead atoms. The highest BCUT2D eigenvalue weighted by Gasteiger charge is 2.12. The van der Waals surface area contributed by atoms with Gasteiger partial charge in [0.1, 0.15) is 0 Å². The molecule has 5 nitrogen and oxygen atoms in total. The third-order valence-corrected chi connectivity index (χ3v) is 3.44. The second-order valence-corrected chi connectivity index (χ2v) is 5.57. The van der Waals surface area contributed by atoms with Crippen molar-refractivity contribution in [2.45, 2.75) is 20.3 Å². The van der Waals surface area contributed by atoms with Crippen LogP contribution in [0.3, 0.4) is 0 Å². The number of hydrogen-bond acceptors (Lipinski definition) is 2. The van der Waals surface area contributed by atoms with Crippen molar-refractivity contribution in [3.05, 3.63) is 59.7 Å². The fraction of sp³-hybridized carbons (Fsp3) is 0.222. The summed E-state index contributed by atoms with van der Waals surface area (Å²) in [6, 6.07) is 14.8. The highest BCUT2D eigenvalue weighted by molar-refractivity contribution is 5.93. The SMILES string of the molecule is CC(C)C(=O)Nc1ccccc1Cc1ccccc1NC(=O)O. The van der Waals surface area contributed by atoms with Crippen molar-refractivity contribution in [2.24, 2.45) is 5.92 Å². The number of rotatable bonds is 5. The summed E-state index contributed by atoms with van der Waals surface area (Å²) in [5.41, 5.74) is 3.07. The molecule has 0 fully saturated rings. The number of carboxylic acid groups (broad SMARTS) is 1. The molecular weight excluding hydrogens is 292 g/mol. The molecule has 0 saturated heterocycles. The van der Waals surface area contributed by atoms with Gasteiger partial charge in [-0.25, -0.2) is 4.79 Å². The van der Waals surface area contributed by atoms with E-state index in [1.54, 1.807) is 12.1 Å². The molecular formula is C18H20N2O3. The van der Waals surface area contributed by atoms with Crippen LogP contribution in [0.4, 0.5) is 16.2 Å². The molecule has 2 rings (SSSR count). The zero-order chi connectivity index (χ0) is 16.8. The van der Waals surface area contributed by atoms with Crippen molar-refractivity contribution in [2.75, 3.05) is 10.6 Å². The van der Waals surface area contributed by atoms with Crippen LogP contribution in [0.15, 0.2) is 48.5 Å². The monoisotopic (exact) mass is 312 g/mol. The fourth-order valence-electron chi connectivity index (χ4n) is 2.19. The molecule has 0 saturated carbocycles. The van der Waals surface area contributed by atoms with Gasteiger partial charge >= 0.3 is 6.09 Å². The van der Waals surface area contributed by atoms with E-state index in [-0.39, 0.29) is 11.8 Å². The van der Waals surface area contributed by atoms with Crippen molar-refractivity contribution < 1.29 is 14.7 Å². The number of benzene rings is 2. The maximum atomic E-state index is 11.9. The first kappa shape index (κ1) is 16.5. The molecule has 23 heavy (non-hydrogen) atoms. The van der Waals surface area contributed by atoms with E-state index in [0.29, 0.717) is 12.1 Å². The summed E-state index contributed by atoms with van der Waals surface area (Å²) in [5.74, 6) is -0.154. The van der Waals surface area contributed by atoms with E-state index in [9.17, 15) is 9.59 Å². The van der Waals surface area contributed by atoms with Crippen LogP contribution in [-0.4, -0.2) is 17.1 Å². The van der Waals surface area contributed by atoms with Gasteiger partial charge in [0.2, 0.25) is 5.91 Å². The zero-order valence-electron chi connectivity index (χ0n) is 13.2. The number of hydrogen-bond donors (Lipinski definition) is 3. The van der Waals surface area contributed by atoms with Crippen molar-refractivity contribution in [1.29, 1.82) is 0 Å². The van der Waals surface area contributed by atoms with Crippen molar-refractivity contribution in [3.8, 4) is 0 Å².